The van der Waals surface area contributed by atoms with Crippen molar-refractivity contribution in [2.24, 2.45) is 11.8 Å². The molecule has 0 spiro atoms. The van der Waals surface area contributed by atoms with Gasteiger partial charge in [0.2, 0.25) is 5.91 Å². The molecule has 2 saturated heterocycles. The summed E-state index contributed by atoms with van der Waals surface area (Å²) in [6.45, 7) is 11.4. The van der Waals surface area contributed by atoms with E-state index in [4.69, 9.17) is 4.74 Å². The Labute approximate surface area is 235 Å². The van der Waals surface area contributed by atoms with Crippen LogP contribution in [0.15, 0.2) is 54.6 Å². The maximum absolute atomic E-state index is 13.3. The van der Waals surface area contributed by atoms with Crippen molar-refractivity contribution in [3.05, 3.63) is 60.2 Å². The zero-order valence-corrected chi connectivity index (χ0v) is 24.1. The minimum absolute atomic E-state index is 0.378. The summed E-state index contributed by atoms with van der Waals surface area (Å²) in [6.07, 6.45) is 6.51. The van der Waals surface area contributed by atoms with Crippen LogP contribution in [-0.2, 0) is 11.3 Å². The lowest BCUT2D eigenvalue weighted by molar-refractivity contribution is -0.132. The van der Waals surface area contributed by atoms with Crippen LogP contribution in [-0.4, -0.2) is 86.1 Å². The molecule has 6 nitrogen and oxygen atoms in total. The second kappa shape index (κ2) is 13.7. The number of anilines is 1. The summed E-state index contributed by atoms with van der Waals surface area (Å²) in [5.41, 5.74) is 2.58. The molecule has 3 fully saturated rings. The Balaban J connectivity index is 1.22. The van der Waals surface area contributed by atoms with E-state index in [-0.39, 0.29) is 0 Å². The van der Waals surface area contributed by atoms with Gasteiger partial charge in [0.1, 0.15) is 5.75 Å². The van der Waals surface area contributed by atoms with Crippen molar-refractivity contribution in [3.8, 4) is 5.75 Å². The lowest BCUT2D eigenvalue weighted by Crippen LogP contribution is -2.56. The number of benzene rings is 2. The van der Waals surface area contributed by atoms with E-state index in [0.29, 0.717) is 24.3 Å². The number of ether oxygens (including phenoxy) is 1. The smallest absolute Gasteiger partial charge is 0.222 e. The minimum Gasteiger partial charge on any atom is -0.495 e. The predicted octanol–water partition coefficient (Wildman–Crippen LogP) is 5.14. The van der Waals surface area contributed by atoms with E-state index in [0.717, 1.165) is 83.4 Å². The number of piperazine rings is 1. The number of carbonyl (C=O) groups excluding carboxylic acids is 1. The van der Waals surface area contributed by atoms with E-state index >= 15 is 0 Å². The number of rotatable bonds is 12. The number of amides is 1. The van der Waals surface area contributed by atoms with E-state index in [1.165, 1.54) is 30.5 Å². The van der Waals surface area contributed by atoms with Crippen molar-refractivity contribution in [2.45, 2.75) is 58.0 Å². The zero-order chi connectivity index (χ0) is 27.0. The molecule has 0 radical (unpaired) electrons. The second-order valence-corrected chi connectivity index (χ2v) is 11.9. The third kappa shape index (κ3) is 7.55. The number of hydrogen-bond donors (Lipinski definition) is 0. The Hall–Kier alpha value is -2.57. The van der Waals surface area contributed by atoms with Gasteiger partial charge < -0.3 is 14.5 Å². The highest BCUT2D eigenvalue weighted by atomic mass is 16.5. The number of para-hydroxylation sites is 2. The summed E-state index contributed by atoms with van der Waals surface area (Å²) in [5, 5.41) is 0. The minimum atomic E-state index is 0.378. The van der Waals surface area contributed by atoms with Crippen LogP contribution in [0.5, 0.6) is 5.75 Å². The van der Waals surface area contributed by atoms with Gasteiger partial charge in [-0.2, -0.15) is 0 Å². The molecule has 1 saturated carbocycles. The molecule has 5 rings (SSSR count). The SMILES string of the molecule is CCCN(CC1CC1)C(=O)CC[C@H]1CN(Cc2ccccc2)CC[C@H]1N1CCN(c2ccccc2OC)CC1. The maximum atomic E-state index is 13.3. The number of carbonyl (C=O) groups is 1. The summed E-state index contributed by atoms with van der Waals surface area (Å²) >= 11 is 0. The molecule has 0 N–H and O–H groups in total. The lowest BCUT2D eigenvalue weighted by Gasteiger charge is -2.47. The van der Waals surface area contributed by atoms with Crippen LogP contribution in [0.25, 0.3) is 0 Å². The van der Waals surface area contributed by atoms with Crippen molar-refractivity contribution < 1.29 is 9.53 Å². The van der Waals surface area contributed by atoms with Gasteiger partial charge in [0.15, 0.2) is 0 Å². The summed E-state index contributed by atoms with van der Waals surface area (Å²) in [5.74, 6) is 2.61. The molecule has 39 heavy (non-hydrogen) atoms. The molecule has 2 atom stereocenters. The molecule has 2 aromatic rings. The van der Waals surface area contributed by atoms with Crippen LogP contribution < -0.4 is 9.64 Å². The number of hydrogen-bond acceptors (Lipinski definition) is 5. The van der Waals surface area contributed by atoms with Gasteiger partial charge in [0, 0.05) is 64.8 Å². The Morgan fingerprint density at radius 2 is 1.69 bits per heavy atom. The highest BCUT2D eigenvalue weighted by molar-refractivity contribution is 5.76. The number of nitrogens with zero attached hydrogens (tertiary/aromatic N) is 4. The van der Waals surface area contributed by atoms with Gasteiger partial charge in [-0.1, -0.05) is 49.4 Å². The van der Waals surface area contributed by atoms with Gasteiger partial charge in [0.05, 0.1) is 12.8 Å². The first-order chi connectivity index (χ1) is 19.1. The van der Waals surface area contributed by atoms with Crippen LogP contribution in [0.3, 0.4) is 0 Å². The summed E-state index contributed by atoms with van der Waals surface area (Å²) in [6, 6.07) is 19.8. The molecule has 1 amide bonds. The van der Waals surface area contributed by atoms with Crippen molar-refractivity contribution >= 4 is 11.6 Å². The molecule has 3 aliphatic rings. The van der Waals surface area contributed by atoms with Gasteiger partial charge in [-0.15, -0.1) is 0 Å². The molecule has 6 heteroatoms. The fourth-order valence-corrected chi connectivity index (χ4v) is 6.70. The van der Waals surface area contributed by atoms with Crippen molar-refractivity contribution in [3.63, 3.8) is 0 Å². The Kier molecular flexibility index (Phi) is 9.81. The predicted molar refractivity (Wildman–Crippen MR) is 159 cm³/mol. The normalized spacial score (nSPS) is 22.6. The van der Waals surface area contributed by atoms with E-state index in [9.17, 15) is 4.79 Å². The first-order valence-electron chi connectivity index (χ1n) is 15.3. The van der Waals surface area contributed by atoms with E-state index < -0.39 is 0 Å². The van der Waals surface area contributed by atoms with E-state index in [1.807, 2.05) is 6.07 Å². The monoisotopic (exact) mass is 532 g/mol. The second-order valence-electron chi connectivity index (χ2n) is 11.9. The zero-order valence-electron chi connectivity index (χ0n) is 24.1. The summed E-state index contributed by atoms with van der Waals surface area (Å²) < 4.78 is 5.64. The van der Waals surface area contributed by atoms with Gasteiger partial charge in [0.25, 0.3) is 0 Å². The molecule has 0 unspecified atom stereocenters. The van der Waals surface area contributed by atoms with Crippen LogP contribution in [0.2, 0.25) is 0 Å². The highest BCUT2D eigenvalue weighted by Gasteiger charge is 2.36. The van der Waals surface area contributed by atoms with Gasteiger partial charge in [-0.05, 0) is 68.2 Å². The fraction of sp³-hybridized carbons (Fsp3) is 0.606. The lowest BCUT2D eigenvalue weighted by atomic mass is 9.86. The van der Waals surface area contributed by atoms with Crippen LogP contribution in [0, 0.1) is 11.8 Å². The van der Waals surface area contributed by atoms with Gasteiger partial charge in [-0.3, -0.25) is 14.6 Å². The van der Waals surface area contributed by atoms with Crippen LogP contribution in [0.1, 0.15) is 51.0 Å². The topological polar surface area (TPSA) is 39.3 Å². The number of piperidine rings is 1. The standard InChI is InChI=1S/C33H48N4O2/c1-3-18-37(25-28-13-14-28)33(38)16-15-29-26-34(24-27-9-5-4-6-10-27)19-17-30(29)35-20-22-36(23-21-35)31-11-7-8-12-32(31)39-2/h4-12,28-30H,3,13-26H2,1-2H3/t29-,30+/m0/s1. The Bertz CT molecular complexity index is 1040. The van der Waals surface area contributed by atoms with Gasteiger partial charge in [-0.25, -0.2) is 0 Å². The molecular weight excluding hydrogens is 484 g/mol. The fourth-order valence-electron chi connectivity index (χ4n) is 6.70. The van der Waals surface area contributed by atoms with Crippen LogP contribution in [0.4, 0.5) is 5.69 Å². The van der Waals surface area contributed by atoms with Crippen LogP contribution >= 0.6 is 0 Å². The Morgan fingerprint density at radius 3 is 2.41 bits per heavy atom. The molecule has 2 aromatic carbocycles. The third-order valence-corrected chi connectivity index (χ3v) is 8.99. The summed E-state index contributed by atoms with van der Waals surface area (Å²) in [4.78, 5) is 23.3. The molecule has 1 aliphatic carbocycles. The maximum Gasteiger partial charge on any atom is 0.222 e. The van der Waals surface area contributed by atoms with Gasteiger partial charge >= 0.3 is 0 Å². The third-order valence-electron chi connectivity index (χ3n) is 8.99. The van der Waals surface area contributed by atoms with Crippen molar-refractivity contribution in [2.75, 3.05) is 64.4 Å². The van der Waals surface area contributed by atoms with E-state index in [2.05, 4.69) is 75.1 Å². The first-order valence-corrected chi connectivity index (χ1v) is 15.3. The molecule has 2 aliphatic heterocycles. The quantitative estimate of drug-likeness (QED) is 0.379. The molecule has 212 valence electrons. The average molecular weight is 533 g/mol. The molecule has 0 bridgehead atoms. The largest absolute Gasteiger partial charge is 0.495 e. The molecular formula is C33H48N4O2. The summed E-state index contributed by atoms with van der Waals surface area (Å²) in [7, 11) is 1.76. The number of methoxy groups -OCH3 is 1. The van der Waals surface area contributed by atoms with Crippen molar-refractivity contribution in [1.29, 1.82) is 0 Å². The van der Waals surface area contributed by atoms with E-state index in [1.54, 1.807) is 7.11 Å². The number of likely N-dealkylation sites (tertiary alicyclic amines) is 1. The Morgan fingerprint density at radius 1 is 0.949 bits per heavy atom. The highest BCUT2D eigenvalue weighted by Crippen LogP contribution is 2.33. The van der Waals surface area contributed by atoms with Crippen molar-refractivity contribution in [1.82, 2.24) is 14.7 Å². The molecule has 0 aromatic heterocycles. The average Bonchev–Trinajstić information content (AvgIpc) is 3.81. The molecule has 2 heterocycles. The first kappa shape index (κ1) is 28.0.